The summed E-state index contributed by atoms with van der Waals surface area (Å²) >= 11 is 3.49. The maximum atomic E-state index is 5.81. The number of hydrogen-bond acceptors (Lipinski definition) is 3. The second-order valence-electron chi connectivity index (χ2n) is 4.28. The van der Waals surface area contributed by atoms with Gasteiger partial charge in [-0.1, -0.05) is 15.9 Å². The molecule has 3 rings (SSSR count). The molecule has 1 atom stereocenters. The monoisotopic (exact) mass is 292 g/mol. The first-order valence-corrected chi connectivity index (χ1v) is 6.65. The lowest BCUT2D eigenvalue weighted by atomic mass is 10.0. The molecule has 0 N–H and O–H groups in total. The van der Waals surface area contributed by atoms with Crippen molar-refractivity contribution < 1.29 is 4.74 Å². The van der Waals surface area contributed by atoms with Crippen LogP contribution in [0.15, 0.2) is 29.0 Å². The molecule has 3 nitrogen and oxygen atoms in total. The minimum absolute atomic E-state index is 0.128. The largest absolute Gasteiger partial charge is 0.372 e. The van der Waals surface area contributed by atoms with E-state index in [9.17, 15) is 0 Å². The van der Waals surface area contributed by atoms with E-state index in [2.05, 4.69) is 32.0 Å². The van der Waals surface area contributed by atoms with Crippen LogP contribution in [0.4, 0.5) is 0 Å². The number of aromatic nitrogens is 2. The van der Waals surface area contributed by atoms with Crippen LogP contribution in [0.3, 0.4) is 0 Å². The van der Waals surface area contributed by atoms with Gasteiger partial charge in [0.15, 0.2) is 0 Å². The zero-order chi connectivity index (χ0) is 11.7. The summed E-state index contributed by atoms with van der Waals surface area (Å²) in [6, 6.07) is 6.08. The summed E-state index contributed by atoms with van der Waals surface area (Å²) in [6.45, 7) is 0.837. The summed E-state index contributed by atoms with van der Waals surface area (Å²) in [5, 5.41) is 1.09. The standard InChI is InChI=1S/C13H13BrN2O/c14-9-4-5-11-10(7-9)13(16-8-15-11)12-3-1-2-6-17-12/h4-5,7-8,12H,1-3,6H2. The van der Waals surface area contributed by atoms with Crippen molar-refractivity contribution in [3.05, 3.63) is 34.7 Å². The lowest BCUT2D eigenvalue weighted by molar-refractivity contribution is 0.0132. The topological polar surface area (TPSA) is 35.0 Å². The summed E-state index contributed by atoms with van der Waals surface area (Å²) in [5.41, 5.74) is 2.00. The normalized spacial score (nSPS) is 20.6. The molecule has 1 fully saturated rings. The van der Waals surface area contributed by atoms with Crippen molar-refractivity contribution in [3.8, 4) is 0 Å². The molecule has 17 heavy (non-hydrogen) atoms. The Morgan fingerprint density at radius 2 is 2.18 bits per heavy atom. The van der Waals surface area contributed by atoms with Crippen molar-refractivity contribution in [1.82, 2.24) is 9.97 Å². The second-order valence-corrected chi connectivity index (χ2v) is 5.19. The Kier molecular flexibility index (Phi) is 3.07. The van der Waals surface area contributed by atoms with Gasteiger partial charge >= 0.3 is 0 Å². The highest BCUT2D eigenvalue weighted by Gasteiger charge is 2.19. The van der Waals surface area contributed by atoms with Gasteiger partial charge in [0.25, 0.3) is 0 Å². The van der Waals surface area contributed by atoms with Crippen LogP contribution in [-0.2, 0) is 4.74 Å². The molecule has 0 spiro atoms. The Morgan fingerprint density at radius 1 is 1.24 bits per heavy atom. The van der Waals surface area contributed by atoms with Gasteiger partial charge in [0, 0.05) is 16.5 Å². The fourth-order valence-corrected chi connectivity index (χ4v) is 2.62. The van der Waals surface area contributed by atoms with Crippen LogP contribution in [0.25, 0.3) is 10.9 Å². The summed E-state index contributed by atoms with van der Waals surface area (Å²) in [4.78, 5) is 8.71. The van der Waals surface area contributed by atoms with E-state index in [1.807, 2.05) is 12.1 Å². The fourth-order valence-electron chi connectivity index (χ4n) is 2.26. The third-order valence-electron chi connectivity index (χ3n) is 3.11. The van der Waals surface area contributed by atoms with E-state index in [0.29, 0.717) is 0 Å². The first kappa shape index (κ1) is 11.1. The van der Waals surface area contributed by atoms with Crippen LogP contribution in [0.5, 0.6) is 0 Å². The lowest BCUT2D eigenvalue weighted by Crippen LogP contribution is -2.13. The Labute approximate surface area is 108 Å². The van der Waals surface area contributed by atoms with Gasteiger partial charge in [0.2, 0.25) is 0 Å². The van der Waals surface area contributed by atoms with Crippen LogP contribution < -0.4 is 0 Å². The molecule has 88 valence electrons. The molecule has 2 aromatic rings. The zero-order valence-corrected chi connectivity index (χ0v) is 11.0. The van der Waals surface area contributed by atoms with E-state index in [1.54, 1.807) is 6.33 Å². The molecule has 1 aromatic carbocycles. The average molecular weight is 293 g/mol. The summed E-state index contributed by atoms with van der Waals surface area (Å²) in [6.07, 6.45) is 5.18. The van der Waals surface area contributed by atoms with Crippen LogP contribution in [0.1, 0.15) is 31.1 Å². The predicted molar refractivity (Wildman–Crippen MR) is 69.8 cm³/mol. The molecule has 1 unspecified atom stereocenters. The highest BCUT2D eigenvalue weighted by Crippen LogP contribution is 2.31. The lowest BCUT2D eigenvalue weighted by Gasteiger charge is -2.22. The van der Waals surface area contributed by atoms with Crippen molar-refractivity contribution in [2.75, 3.05) is 6.61 Å². The molecule has 0 amide bonds. The van der Waals surface area contributed by atoms with Gasteiger partial charge < -0.3 is 4.74 Å². The first-order chi connectivity index (χ1) is 8.34. The Morgan fingerprint density at radius 3 is 3.00 bits per heavy atom. The molecule has 4 heteroatoms. The van der Waals surface area contributed by atoms with Gasteiger partial charge in [-0.2, -0.15) is 0 Å². The van der Waals surface area contributed by atoms with Crippen LogP contribution in [0, 0.1) is 0 Å². The quantitative estimate of drug-likeness (QED) is 0.805. The zero-order valence-electron chi connectivity index (χ0n) is 9.40. The fraction of sp³-hybridized carbons (Fsp3) is 0.385. The Bertz CT molecular complexity index is 538. The molecule has 1 aromatic heterocycles. The van der Waals surface area contributed by atoms with Crippen molar-refractivity contribution in [1.29, 1.82) is 0 Å². The molecule has 0 aliphatic carbocycles. The van der Waals surface area contributed by atoms with E-state index in [4.69, 9.17) is 4.74 Å². The maximum Gasteiger partial charge on any atom is 0.116 e. The van der Waals surface area contributed by atoms with E-state index in [-0.39, 0.29) is 6.10 Å². The number of rotatable bonds is 1. The number of hydrogen-bond donors (Lipinski definition) is 0. The van der Waals surface area contributed by atoms with E-state index < -0.39 is 0 Å². The average Bonchev–Trinajstić information content (AvgIpc) is 2.39. The van der Waals surface area contributed by atoms with E-state index in [0.717, 1.165) is 40.5 Å². The van der Waals surface area contributed by atoms with Crippen molar-refractivity contribution in [3.63, 3.8) is 0 Å². The summed E-state index contributed by atoms with van der Waals surface area (Å²) < 4.78 is 6.86. The summed E-state index contributed by atoms with van der Waals surface area (Å²) in [7, 11) is 0. The van der Waals surface area contributed by atoms with Gasteiger partial charge in [-0.05, 0) is 37.5 Å². The minimum atomic E-state index is 0.128. The highest BCUT2D eigenvalue weighted by atomic mass is 79.9. The molecule has 2 heterocycles. The Hall–Kier alpha value is -1.00. The number of nitrogens with zero attached hydrogens (tertiary/aromatic N) is 2. The molecule has 0 bridgehead atoms. The van der Waals surface area contributed by atoms with E-state index in [1.165, 1.54) is 6.42 Å². The minimum Gasteiger partial charge on any atom is -0.372 e. The predicted octanol–water partition coefficient (Wildman–Crippen LogP) is 3.63. The SMILES string of the molecule is Brc1ccc2ncnc(C3CCCCO3)c2c1. The number of benzene rings is 1. The second kappa shape index (κ2) is 4.70. The molecular weight excluding hydrogens is 280 g/mol. The molecule has 1 saturated heterocycles. The van der Waals surface area contributed by atoms with Gasteiger partial charge in [0.1, 0.15) is 12.4 Å². The highest BCUT2D eigenvalue weighted by molar-refractivity contribution is 9.10. The van der Waals surface area contributed by atoms with Gasteiger partial charge in [0.05, 0.1) is 11.2 Å². The molecule has 0 radical (unpaired) electrons. The summed E-state index contributed by atoms with van der Waals surface area (Å²) in [5.74, 6) is 0. The third-order valence-corrected chi connectivity index (χ3v) is 3.61. The first-order valence-electron chi connectivity index (χ1n) is 5.86. The van der Waals surface area contributed by atoms with Crippen molar-refractivity contribution >= 4 is 26.8 Å². The number of fused-ring (bicyclic) bond motifs is 1. The number of halogens is 1. The molecular formula is C13H13BrN2O. The molecule has 1 aliphatic rings. The van der Waals surface area contributed by atoms with Crippen LogP contribution >= 0.6 is 15.9 Å². The maximum absolute atomic E-state index is 5.81. The molecule has 1 aliphatic heterocycles. The van der Waals surface area contributed by atoms with Crippen molar-refractivity contribution in [2.45, 2.75) is 25.4 Å². The van der Waals surface area contributed by atoms with Gasteiger partial charge in [-0.25, -0.2) is 9.97 Å². The van der Waals surface area contributed by atoms with Crippen molar-refractivity contribution in [2.24, 2.45) is 0 Å². The molecule has 0 saturated carbocycles. The third kappa shape index (κ3) is 2.19. The number of ether oxygens (including phenoxy) is 1. The Balaban J connectivity index is 2.11. The van der Waals surface area contributed by atoms with E-state index >= 15 is 0 Å². The van der Waals surface area contributed by atoms with Crippen LogP contribution in [-0.4, -0.2) is 16.6 Å². The van der Waals surface area contributed by atoms with Gasteiger partial charge in [-0.15, -0.1) is 0 Å². The van der Waals surface area contributed by atoms with Crippen LogP contribution in [0.2, 0.25) is 0 Å². The van der Waals surface area contributed by atoms with Gasteiger partial charge in [-0.3, -0.25) is 0 Å². The smallest absolute Gasteiger partial charge is 0.116 e.